The van der Waals surface area contributed by atoms with Crippen LogP contribution in [0.5, 0.6) is 0 Å². The van der Waals surface area contributed by atoms with Crippen LogP contribution in [0.1, 0.15) is 22.4 Å². The van der Waals surface area contributed by atoms with Crippen LogP contribution in [0.15, 0.2) is 40.2 Å². The molecule has 3 rings (SSSR count). The molecule has 0 fully saturated rings. The van der Waals surface area contributed by atoms with Crippen LogP contribution in [-0.4, -0.2) is 5.11 Å². The summed E-state index contributed by atoms with van der Waals surface area (Å²) in [5.74, 6) is 0. The molecule has 3 heteroatoms. The van der Waals surface area contributed by atoms with Gasteiger partial charge in [0.05, 0.1) is 0 Å². The van der Waals surface area contributed by atoms with Crippen LogP contribution in [0.25, 0.3) is 0 Å². The van der Waals surface area contributed by atoms with Crippen molar-refractivity contribution in [2.45, 2.75) is 24.9 Å². The van der Waals surface area contributed by atoms with Gasteiger partial charge in [-0.2, -0.15) is 0 Å². The molecule has 0 aliphatic heterocycles. The lowest BCUT2D eigenvalue weighted by Crippen LogP contribution is -2.32. The molecule has 1 aliphatic rings. The minimum Gasteiger partial charge on any atom is -0.384 e. The lowest BCUT2D eigenvalue weighted by molar-refractivity contribution is 0.0259. The molecule has 88 valence electrons. The minimum absolute atomic E-state index is 0.658. The molecule has 1 nitrogen and oxygen atoms in total. The maximum Gasteiger partial charge on any atom is 0.103 e. The highest BCUT2D eigenvalue weighted by atomic mass is 79.9. The van der Waals surface area contributed by atoms with E-state index < -0.39 is 5.60 Å². The SMILES string of the molecule is OC1(c2cccs2)CCc2cc(Br)ccc2C1. The predicted molar refractivity (Wildman–Crippen MR) is 74.4 cm³/mol. The Kier molecular flexibility index (Phi) is 2.85. The second kappa shape index (κ2) is 4.23. The number of aryl methyl sites for hydroxylation is 1. The average molecular weight is 309 g/mol. The fraction of sp³-hybridized carbons (Fsp3) is 0.286. The third-order valence-electron chi connectivity index (χ3n) is 3.44. The third kappa shape index (κ3) is 2.07. The molecular weight excluding hydrogens is 296 g/mol. The Morgan fingerprint density at radius 1 is 1.24 bits per heavy atom. The number of hydrogen-bond donors (Lipinski definition) is 1. The molecule has 1 aromatic heterocycles. The van der Waals surface area contributed by atoms with E-state index in [9.17, 15) is 5.11 Å². The van der Waals surface area contributed by atoms with Gasteiger partial charge >= 0.3 is 0 Å². The van der Waals surface area contributed by atoms with Crippen molar-refractivity contribution in [1.29, 1.82) is 0 Å². The molecule has 1 unspecified atom stereocenters. The molecule has 2 aromatic rings. The van der Waals surface area contributed by atoms with E-state index >= 15 is 0 Å². The summed E-state index contributed by atoms with van der Waals surface area (Å²) in [5.41, 5.74) is 1.98. The van der Waals surface area contributed by atoms with Crippen LogP contribution >= 0.6 is 27.3 Å². The number of benzene rings is 1. The molecule has 1 aromatic carbocycles. The van der Waals surface area contributed by atoms with Gasteiger partial charge in [-0.15, -0.1) is 11.3 Å². The van der Waals surface area contributed by atoms with E-state index in [1.807, 2.05) is 17.5 Å². The van der Waals surface area contributed by atoms with Crippen molar-refractivity contribution in [3.05, 3.63) is 56.2 Å². The molecule has 1 heterocycles. The summed E-state index contributed by atoms with van der Waals surface area (Å²) in [6, 6.07) is 10.4. The van der Waals surface area contributed by atoms with Gasteiger partial charge in [-0.1, -0.05) is 28.1 Å². The quantitative estimate of drug-likeness (QED) is 0.847. The Balaban J connectivity index is 1.97. The zero-order valence-corrected chi connectivity index (χ0v) is 11.7. The zero-order chi connectivity index (χ0) is 11.9. The molecule has 0 spiro atoms. The van der Waals surface area contributed by atoms with Crippen LogP contribution in [0.4, 0.5) is 0 Å². The maximum absolute atomic E-state index is 10.7. The molecule has 1 aliphatic carbocycles. The number of fused-ring (bicyclic) bond motifs is 1. The number of halogens is 1. The van der Waals surface area contributed by atoms with Gasteiger partial charge in [-0.25, -0.2) is 0 Å². The van der Waals surface area contributed by atoms with Crippen molar-refractivity contribution in [1.82, 2.24) is 0 Å². The summed E-state index contributed by atoms with van der Waals surface area (Å²) >= 11 is 5.14. The second-order valence-corrected chi connectivity index (χ2v) is 6.46. The van der Waals surface area contributed by atoms with Gasteiger partial charge in [0.25, 0.3) is 0 Å². The van der Waals surface area contributed by atoms with E-state index in [0.717, 1.165) is 28.6 Å². The van der Waals surface area contributed by atoms with Gasteiger partial charge in [0.1, 0.15) is 5.60 Å². The third-order valence-corrected chi connectivity index (χ3v) is 5.00. The van der Waals surface area contributed by atoms with Gasteiger partial charge in [0, 0.05) is 15.8 Å². The number of thiophene rings is 1. The summed E-state index contributed by atoms with van der Waals surface area (Å²) in [6.07, 6.45) is 2.50. The van der Waals surface area contributed by atoms with E-state index in [1.165, 1.54) is 11.1 Å². The summed E-state index contributed by atoms with van der Waals surface area (Å²) in [6.45, 7) is 0. The first-order valence-corrected chi connectivity index (χ1v) is 7.38. The van der Waals surface area contributed by atoms with Crippen LogP contribution in [0.3, 0.4) is 0 Å². The Hall–Kier alpha value is -0.640. The van der Waals surface area contributed by atoms with E-state index in [0.29, 0.717) is 0 Å². The smallest absolute Gasteiger partial charge is 0.103 e. The average Bonchev–Trinajstić information content (AvgIpc) is 2.84. The van der Waals surface area contributed by atoms with Gasteiger partial charge in [-0.05, 0) is 47.5 Å². The first-order chi connectivity index (χ1) is 8.17. The molecule has 0 radical (unpaired) electrons. The highest BCUT2D eigenvalue weighted by Crippen LogP contribution is 2.39. The summed E-state index contributed by atoms with van der Waals surface area (Å²) in [4.78, 5) is 1.09. The number of aliphatic hydroxyl groups is 1. The van der Waals surface area contributed by atoms with E-state index in [4.69, 9.17) is 0 Å². The summed E-state index contributed by atoms with van der Waals surface area (Å²) in [7, 11) is 0. The van der Waals surface area contributed by atoms with E-state index in [2.05, 4.69) is 34.1 Å². The molecule has 1 N–H and O–H groups in total. The first-order valence-electron chi connectivity index (χ1n) is 5.71. The zero-order valence-electron chi connectivity index (χ0n) is 9.32. The van der Waals surface area contributed by atoms with Crippen molar-refractivity contribution in [3.8, 4) is 0 Å². The van der Waals surface area contributed by atoms with Crippen molar-refractivity contribution in [3.63, 3.8) is 0 Å². The molecule has 1 atom stereocenters. The van der Waals surface area contributed by atoms with Gasteiger partial charge < -0.3 is 5.11 Å². The summed E-state index contributed by atoms with van der Waals surface area (Å²) < 4.78 is 1.12. The largest absolute Gasteiger partial charge is 0.384 e. The highest BCUT2D eigenvalue weighted by Gasteiger charge is 2.34. The Morgan fingerprint density at radius 3 is 2.88 bits per heavy atom. The van der Waals surface area contributed by atoms with E-state index in [1.54, 1.807) is 11.3 Å². The molecule has 0 bridgehead atoms. The molecule has 0 saturated heterocycles. The number of hydrogen-bond acceptors (Lipinski definition) is 2. The van der Waals surface area contributed by atoms with Gasteiger partial charge in [-0.3, -0.25) is 0 Å². The van der Waals surface area contributed by atoms with Crippen LogP contribution in [0, 0.1) is 0 Å². The van der Waals surface area contributed by atoms with Crippen molar-refractivity contribution in [2.75, 3.05) is 0 Å². The van der Waals surface area contributed by atoms with Crippen LogP contribution < -0.4 is 0 Å². The van der Waals surface area contributed by atoms with Gasteiger partial charge in [0.2, 0.25) is 0 Å². The molecular formula is C14H13BrOS. The first kappa shape index (κ1) is 11.5. The molecule has 17 heavy (non-hydrogen) atoms. The fourth-order valence-corrected chi connectivity index (χ4v) is 3.76. The van der Waals surface area contributed by atoms with Crippen molar-refractivity contribution in [2.24, 2.45) is 0 Å². The second-order valence-electron chi connectivity index (χ2n) is 4.60. The summed E-state index contributed by atoms with van der Waals surface area (Å²) in [5, 5.41) is 12.8. The highest BCUT2D eigenvalue weighted by molar-refractivity contribution is 9.10. The fourth-order valence-electron chi connectivity index (χ4n) is 2.50. The predicted octanol–water partition coefficient (Wildman–Crippen LogP) is 3.89. The monoisotopic (exact) mass is 308 g/mol. The Bertz CT molecular complexity index is 535. The Labute approximate surface area is 113 Å². The standard InChI is InChI=1S/C14H13BrOS/c15-12-4-3-11-9-14(16,6-5-10(11)8-12)13-2-1-7-17-13/h1-4,7-8,16H,5-6,9H2. The van der Waals surface area contributed by atoms with Crippen molar-refractivity contribution >= 4 is 27.3 Å². The maximum atomic E-state index is 10.7. The number of rotatable bonds is 1. The van der Waals surface area contributed by atoms with Crippen LogP contribution in [0.2, 0.25) is 0 Å². The lowest BCUT2D eigenvalue weighted by Gasteiger charge is -2.32. The normalized spacial score (nSPS) is 23.4. The minimum atomic E-state index is -0.658. The van der Waals surface area contributed by atoms with Gasteiger partial charge in [0.15, 0.2) is 0 Å². The van der Waals surface area contributed by atoms with Crippen molar-refractivity contribution < 1.29 is 5.11 Å². The topological polar surface area (TPSA) is 20.2 Å². The lowest BCUT2D eigenvalue weighted by atomic mass is 9.80. The van der Waals surface area contributed by atoms with Crippen LogP contribution in [-0.2, 0) is 18.4 Å². The van der Waals surface area contributed by atoms with E-state index in [-0.39, 0.29) is 0 Å². The molecule has 0 amide bonds. The molecule has 0 saturated carbocycles. The Morgan fingerprint density at radius 2 is 2.12 bits per heavy atom.